The molecule has 1 N–H and O–H groups in total. The number of nitrogens with one attached hydrogen (secondary N) is 1. The van der Waals surface area contributed by atoms with E-state index in [1.54, 1.807) is 30.5 Å². The Morgan fingerprint density at radius 3 is 2.85 bits per heavy atom. The smallest absolute Gasteiger partial charge is 0.285 e. The molecular formula is C19H20N4O3S. The SMILES string of the molecule is Cc1cccnc1NC(=O)[C@H]1CCCN(C2=NS(=O)(=O)c3ccccc32)C1. The lowest BCUT2D eigenvalue weighted by molar-refractivity contribution is -0.121. The number of carbonyl (C=O) groups is 1. The molecule has 7 nitrogen and oxygen atoms in total. The van der Waals surface area contributed by atoms with Crippen LogP contribution in [-0.2, 0) is 14.8 Å². The molecule has 4 rings (SSSR count). The highest BCUT2D eigenvalue weighted by atomic mass is 32.2. The highest BCUT2D eigenvalue weighted by molar-refractivity contribution is 7.90. The van der Waals surface area contributed by atoms with Gasteiger partial charge in [0.05, 0.1) is 5.92 Å². The number of likely N-dealkylation sites (tertiary alicyclic amines) is 1. The molecular weight excluding hydrogens is 364 g/mol. The summed E-state index contributed by atoms with van der Waals surface area (Å²) in [5, 5.41) is 2.89. The summed E-state index contributed by atoms with van der Waals surface area (Å²) in [6.07, 6.45) is 3.18. The Kier molecular flexibility index (Phi) is 4.43. The standard InChI is InChI=1S/C19H20N4O3S/c1-13-6-4-10-20-17(13)21-19(24)14-7-5-11-23(12-14)18-15-8-2-3-9-16(15)27(25,26)22-18/h2-4,6,8-10,14H,5,7,11-12H2,1H3,(H,20,21,24)/t14-/m0/s1. The maximum Gasteiger partial charge on any atom is 0.285 e. The van der Waals surface area contributed by atoms with E-state index < -0.39 is 10.0 Å². The molecule has 140 valence electrons. The van der Waals surface area contributed by atoms with Crippen LogP contribution < -0.4 is 5.32 Å². The zero-order valence-electron chi connectivity index (χ0n) is 14.9. The van der Waals surface area contributed by atoms with Crippen molar-refractivity contribution in [2.45, 2.75) is 24.7 Å². The van der Waals surface area contributed by atoms with Crippen molar-refractivity contribution in [3.8, 4) is 0 Å². The van der Waals surface area contributed by atoms with Crippen molar-refractivity contribution in [1.29, 1.82) is 0 Å². The molecule has 1 amide bonds. The van der Waals surface area contributed by atoms with Crippen molar-refractivity contribution in [3.63, 3.8) is 0 Å². The summed E-state index contributed by atoms with van der Waals surface area (Å²) in [5.74, 6) is 0.650. The van der Waals surface area contributed by atoms with E-state index in [4.69, 9.17) is 0 Å². The number of rotatable bonds is 2. The molecule has 1 aromatic heterocycles. The molecule has 0 radical (unpaired) electrons. The highest BCUT2D eigenvalue weighted by Gasteiger charge is 2.35. The Balaban J connectivity index is 1.54. The molecule has 1 aromatic carbocycles. The first-order chi connectivity index (χ1) is 13.0. The number of sulfonamides is 1. The topological polar surface area (TPSA) is 91.7 Å². The lowest BCUT2D eigenvalue weighted by Gasteiger charge is -2.33. The van der Waals surface area contributed by atoms with Crippen molar-refractivity contribution >= 4 is 27.6 Å². The second-order valence-corrected chi connectivity index (χ2v) is 8.40. The molecule has 27 heavy (non-hydrogen) atoms. The number of aromatic nitrogens is 1. The van der Waals surface area contributed by atoms with Crippen LogP contribution in [0.15, 0.2) is 51.9 Å². The van der Waals surface area contributed by atoms with Crippen LogP contribution in [0.2, 0.25) is 0 Å². The van der Waals surface area contributed by atoms with Gasteiger partial charge in [-0.15, -0.1) is 4.40 Å². The number of benzene rings is 1. The number of carbonyl (C=O) groups excluding carboxylic acids is 1. The van der Waals surface area contributed by atoms with Crippen LogP contribution in [0.3, 0.4) is 0 Å². The summed E-state index contributed by atoms with van der Waals surface area (Å²) in [7, 11) is -3.66. The minimum atomic E-state index is -3.66. The van der Waals surface area contributed by atoms with E-state index in [0.29, 0.717) is 30.3 Å². The molecule has 2 aromatic rings. The molecule has 1 saturated heterocycles. The molecule has 0 bridgehead atoms. The van der Waals surface area contributed by atoms with Crippen molar-refractivity contribution < 1.29 is 13.2 Å². The molecule has 1 fully saturated rings. The van der Waals surface area contributed by atoms with Crippen molar-refractivity contribution in [2.24, 2.45) is 10.3 Å². The number of anilines is 1. The van der Waals surface area contributed by atoms with E-state index in [2.05, 4.69) is 14.7 Å². The minimum absolute atomic E-state index is 0.101. The largest absolute Gasteiger partial charge is 0.355 e. The summed E-state index contributed by atoms with van der Waals surface area (Å²) in [6, 6.07) is 10.5. The van der Waals surface area contributed by atoms with Crippen molar-refractivity contribution in [3.05, 3.63) is 53.7 Å². The Bertz CT molecular complexity index is 1030. The number of amides is 1. The number of nitrogens with zero attached hydrogens (tertiary/aromatic N) is 3. The van der Waals surface area contributed by atoms with Crippen molar-refractivity contribution in [2.75, 3.05) is 18.4 Å². The number of hydrogen-bond acceptors (Lipinski definition) is 5. The Hall–Kier alpha value is -2.74. The first-order valence-electron chi connectivity index (χ1n) is 8.87. The molecule has 2 aliphatic heterocycles. The average Bonchev–Trinajstić information content (AvgIpc) is 2.95. The maximum absolute atomic E-state index is 12.7. The van der Waals surface area contributed by atoms with Gasteiger partial charge in [0.25, 0.3) is 10.0 Å². The maximum atomic E-state index is 12.7. The van der Waals surface area contributed by atoms with Gasteiger partial charge in [-0.2, -0.15) is 8.42 Å². The third-order valence-electron chi connectivity index (χ3n) is 4.96. The Morgan fingerprint density at radius 2 is 2.04 bits per heavy atom. The number of aryl methyl sites for hydroxylation is 1. The number of amidine groups is 1. The van der Waals surface area contributed by atoms with E-state index in [1.165, 1.54) is 0 Å². The fourth-order valence-corrected chi connectivity index (χ4v) is 4.76. The van der Waals surface area contributed by atoms with Gasteiger partial charge < -0.3 is 10.2 Å². The lowest BCUT2D eigenvalue weighted by atomic mass is 9.96. The second kappa shape index (κ2) is 6.77. The summed E-state index contributed by atoms with van der Waals surface area (Å²) in [4.78, 5) is 19.1. The first kappa shape index (κ1) is 17.7. The predicted molar refractivity (Wildman–Crippen MR) is 102 cm³/mol. The molecule has 1 atom stereocenters. The fourth-order valence-electron chi connectivity index (χ4n) is 3.54. The van der Waals surface area contributed by atoms with Crippen LogP contribution in [0, 0.1) is 12.8 Å². The van der Waals surface area contributed by atoms with Gasteiger partial charge in [-0.05, 0) is 43.5 Å². The number of hydrogen-bond donors (Lipinski definition) is 1. The van der Waals surface area contributed by atoms with Gasteiger partial charge in [0.15, 0.2) is 5.84 Å². The second-order valence-electron chi connectivity index (χ2n) is 6.83. The molecule has 0 spiro atoms. The quantitative estimate of drug-likeness (QED) is 0.857. The normalized spacial score (nSPS) is 20.7. The van der Waals surface area contributed by atoms with Crippen LogP contribution in [0.25, 0.3) is 0 Å². The van der Waals surface area contributed by atoms with Crippen LogP contribution in [0.1, 0.15) is 24.0 Å². The first-order valence-corrected chi connectivity index (χ1v) is 10.3. The monoisotopic (exact) mass is 384 g/mol. The Morgan fingerprint density at radius 1 is 1.22 bits per heavy atom. The van der Waals surface area contributed by atoms with Crippen LogP contribution in [0.4, 0.5) is 5.82 Å². The van der Waals surface area contributed by atoms with Gasteiger partial charge >= 0.3 is 0 Å². The summed E-state index contributed by atoms with van der Waals surface area (Å²) in [5.41, 5.74) is 1.51. The molecule has 8 heteroatoms. The predicted octanol–water partition coefficient (Wildman–Crippen LogP) is 2.19. The van der Waals surface area contributed by atoms with Gasteiger partial charge in [-0.25, -0.2) is 4.98 Å². The van der Waals surface area contributed by atoms with E-state index in [-0.39, 0.29) is 16.7 Å². The Labute approximate surface area is 158 Å². The number of piperidine rings is 1. The van der Waals surface area contributed by atoms with E-state index in [0.717, 1.165) is 18.4 Å². The molecule has 2 aliphatic rings. The zero-order valence-corrected chi connectivity index (χ0v) is 15.7. The van der Waals surface area contributed by atoms with Crippen LogP contribution >= 0.6 is 0 Å². The minimum Gasteiger partial charge on any atom is -0.355 e. The molecule has 0 saturated carbocycles. The third kappa shape index (κ3) is 3.32. The van der Waals surface area contributed by atoms with Gasteiger partial charge in [-0.3, -0.25) is 4.79 Å². The summed E-state index contributed by atoms with van der Waals surface area (Å²) in [6.45, 7) is 3.00. The van der Waals surface area contributed by atoms with E-state index >= 15 is 0 Å². The van der Waals surface area contributed by atoms with Crippen LogP contribution in [0.5, 0.6) is 0 Å². The highest BCUT2D eigenvalue weighted by Crippen LogP contribution is 2.30. The van der Waals surface area contributed by atoms with Gasteiger partial charge in [0, 0.05) is 24.8 Å². The zero-order chi connectivity index (χ0) is 19.0. The molecule has 0 unspecified atom stereocenters. The summed E-state index contributed by atoms with van der Waals surface area (Å²) < 4.78 is 28.6. The van der Waals surface area contributed by atoms with Gasteiger partial charge in [0.1, 0.15) is 10.7 Å². The van der Waals surface area contributed by atoms with E-state index in [9.17, 15) is 13.2 Å². The summed E-state index contributed by atoms with van der Waals surface area (Å²) >= 11 is 0. The van der Waals surface area contributed by atoms with Crippen molar-refractivity contribution in [1.82, 2.24) is 9.88 Å². The number of pyridine rings is 1. The average molecular weight is 384 g/mol. The third-order valence-corrected chi connectivity index (χ3v) is 6.28. The van der Waals surface area contributed by atoms with Crippen LogP contribution in [-0.4, -0.2) is 43.1 Å². The van der Waals surface area contributed by atoms with E-state index in [1.807, 2.05) is 24.0 Å². The molecule has 3 heterocycles. The number of fused-ring (bicyclic) bond motifs is 1. The van der Waals surface area contributed by atoms with Gasteiger partial charge in [-0.1, -0.05) is 18.2 Å². The fraction of sp³-hybridized carbons (Fsp3) is 0.316. The molecule has 0 aliphatic carbocycles. The van der Waals surface area contributed by atoms with Gasteiger partial charge in [0.2, 0.25) is 5.91 Å². The lowest BCUT2D eigenvalue weighted by Crippen LogP contribution is -2.43.